The topological polar surface area (TPSA) is 74.0 Å². The molecule has 28 heavy (non-hydrogen) atoms. The summed E-state index contributed by atoms with van der Waals surface area (Å²) in [5.41, 5.74) is 2.28. The minimum atomic E-state index is -3.24. The van der Waals surface area contributed by atoms with Gasteiger partial charge in [0, 0.05) is 56.1 Å². The first-order valence-corrected chi connectivity index (χ1v) is 9.68. The largest absolute Gasteiger partial charge is 0.544 e. The molecule has 1 aromatic carbocycles. The molecule has 0 unspecified atom stereocenters. The van der Waals surface area contributed by atoms with Crippen molar-refractivity contribution in [1.82, 2.24) is 9.97 Å². The number of aromatic nitrogens is 2. The second-order valence-electron chi connectivity index (χ2n) is 5.60. The predicted octanol–water partition coefficient (Wildman–Crippen LogP) is 4.05. The number of aryl methyl sites for hydroxylation is 1. The molecule has 9 heteroatoms. The van der Waals surface area contributed by atoms with Crippen LogP contribution in [0.5, 0.6) is 0 Å². The van der Waals surface area contributed by atoms with E-state index in [0.29, 0.717) is 11.4 Å². The van der Waals surface area contributed by atoms with Gasteiger partial charge in [0.1, 0.15) is 0 Å². The maximum atomic E-state index is 13.4. The van der Waals surface area contributed by atoms with Gasteiger partial charge in [-0.05, 0) is 30.8 Å². The van der Waals surface area contributed by atoms with E-state index in [0.717, 1.165) is 24.0 Å². The Hall–Kier alpha value is -2.06. The summed E-state index contributed by atoms with van der Waals surface area (Å²) in [7, 11) is -3.24. The van der Waals surface area contributed by atoms with Gasteiger partial charge < -0.3 is 9.71 Å². The summed E-state index contributed by atoms with van der Waals surface area (Å²) in [6, 6.07) is 13.3. The van der Waals surface area contributed by atoms with E-state index >= 15 is 0 Å². The Bertz CT molecular complexity index is 1000. The van der Waals surface area contributed by atoms with E-state index in [1.165, 1.54) is 0 Å². The van der Waals surface area contributed by atoms with Gasteiger partial charge in [0.25, 0.3) is 0 Å². The molecule has 0 aliphatic carbocycles. The van der Waals surface area contributed by atoms with Crippen molar-refractivity contribution in [2.75, 3.05) is 6.26 Å². The standard InChI is InChI=1S/C12H8F2N.C7H9N2O2S.Ir/c1-8-4-5-15-12(6-8)10-3-2-9(13)7-11(10)14;1-12(10,11)9-6-7-4-2-3-5-8-7;/h2,4-7H,1H3;2-5H,6H2,1H3;/q2*-1;. The maximum absolute atomic E-state index is 13.4. The van der Waals surface area contributed by atoms with Crippen molar-refractivity contribution >= 4 is 10.0 Å². The number of benzene rings is 1. The van der Waals surface area contributed by atoms with Gasteiger partial charge in [0.05, 0.1) is 10.0 Å². The zero-order chi connectivity index (χ0) is 19.9. The van der Waals surface area contributed by atoms with Crippen LogP contribution in [0.25, 0.3) is 16.0 Å². The Morgan fingerprint density at radius 3 is 2.43 bits per heavy atom. The van der Waals surface area contributed by atoms with E-state index < -0.39 is 21.7 Å². The first-order valence-electron chi connectivity index (χ1n) is 7.83. The molecule has 0 bridgehead atoms. The summed E-state index contributed by atoms with van der Waals surface area (Å²) in [6.45, 7) is 2.01. The van der Waals surface area contributed by atoms with Crippen LogP contribution in [0.2, 0.25) is 0 Å². The minimum absolute atomic E-state index is 0. The van der Waals surface area contributed by atoms with Crippen LogP contribution in [-0.4, -0.2) is 24.6 Å². The molecule has 0 N–H and O–H groups in total. The maximum Gasteiger partial charge on any atom is 0.0695 e. The molecule has 0 saturated heterocycles. The number of pyridine rings is 2. The van der Waals surface area contributed by atoms with Gasteiger partial charge in [0.2, 0.25) is 0 Å². The monoisotopic (exact) mass is 582 g/mol. The fourth-order valence-corrected chi connectivity index (χ4v) is 2.36. The number of halogens is 2. The number of sulfonamides is 1. The summed E-state index contributed by atoms with van der Waals surface area (Å²) in [4.78, 5) is 7.93. The number of hydrogen-bond acceptors (Lipinski definition) is 4. The van der Waals surface area contributed by atoms with Gasteiger partial charge in [-0.15, -0.1) is 12.1 Å². The third kappa shape index (κ3) is 8.31. The van der Waals surface area contributed by atoms with Crippen LogP contribution in [0.15, 0.2) is 54.9 Å². The summed E-state index contributed by atoms with van der Waals surface area (Å²) < 4.78 is 50.7. The second kappa shape index (κ2) is 11.1. The normalized spacial score (nSPS) is 10.4. The molecule has 0 aliphatic rings. The fourth-order valence-electron chi connectivity index (χ4n) is 1.99. The molecule has 0 saturated carbocycles. The first-order chi connectivity index (χ1) is 12.7. The molecule has 3 aromatic rings. The zero-order valence-corrected chi connectivity index (χ0v) is 18.3. The van der Waals surface area contributed by atoms with Crippen LogP contribution >= 0.6 is 0 Å². The van der Waals surface area contributed by atoms with E-state index in [9.17, 15) is 17.2 Å². The minimum Gasteiger partial charge on any atom is -0.544 e. The predicted molar refractivity (Wildman–Crippen MR) is 99.3 cm³/mol. The first kappa shape index (κ1) is 24.0. The Kier molecular flexibility index (Phi) is 9.48. The summed E-state index contributed by atoms with van der Waals surface area (Å²) in [6.07, 6.45) is 4.25. The number of rotatable bonds is 4. The molecule has 1 radical (unpaired) electrons. The quantitative estimate of drug-likeness (QED) is 0.436. The van der Waals surface area contributed by atoms with Gasteiger partial charge in [-0.1, -0.05) is 35.9 Å². The second-order valence-corrected chi connectivity index (χ2v) is 7.32. The van der Waals surface area contributed by atoms with Crippen molar-refractivity contribution in [2.24, 2.45) is 0 Å². The molecule has 0 spiro atoms. The number of nitrogens with zero attached hydrogens (tertiary/aromatic N) is 3. The fraction of sp³-hybridized carbons (Fsp3) is 0.158. The molecule has 2 aromatic heterocycles. The van der Waals surface area contributed by atoms with Crippen LogP contribution in [0.4, 0.5) is 8.78 Å². The molecule has 5 nitrogen and oxygen atoms in total. The SMILES string of the molecule is CS(=O)(=O)[N-]Cc1ccccn1.Cc1ccnc(-c2[c-]cc(F)cc2F)c1.[Ir]. The number of hydrogen-bond donors (Lipinski definition) is 0. The van der Waals surface area contributed by atoms with Gasteiger partial charge >= 0.3 is 0 Å². The van der Waals surface area contributed by atoms with E-state index in [-0.39, 0.29) is 32.2 Å². The van der Waals surface area contributed by atoms with E-state index in [1.54, 1.807) is 36.7 Å². The third-order valence-corrected chi connectivity index (χ3v) is 3.81. The van der Waals surface area contributed by atoms with Gasteiger partial charge in [-0.3, -0.25) is 13.8 Å². The Morgan fingerprint density at radius 2 is 1.86 bits per heavy atom. The van der Waals surface area contributed by atoms with Crippen LogP contribution < -0.4 is 0 Å². The van der Waals surface area contributed by atoms with E-state index in [1.807, 2.05) is 13.0 Å². The van der Waals surface area contributed by atoms with Crippen LogP contribution in [0.3, 0.4) is 0 Å². The van der Waals surface area contributed by atoms with Crippen molar-refractivity contribution < 1.29 is 37.3 Å². The molecular formula is C19H17F2IrN3O2S-2. The van der Waals surface area contributed by atoms with Crippen molar-refractivity contribution in [2.45, 2.75) is 13.5 Å². The van der Waals surface area contributed by atoms with Gasteiger partial charge in [0.15, 0.2) is 0 Å². The average Bonchev–Trinajstić information content (AvgIpc) is 2.61. The van der Waals surface area contributed by atoms with Crippen molar-refractivity contribution in [3.05, 3.63) is 88.5 Å². The molecular weight excluding hydrogens is 565 g/mol. The smallest absolute Gasteiger partial charge is 0.0695 e. The zero-order valence-electron chi connectivity index (χ0n) is 15.1. The summed E-state index contributed by atoms with van der Waals surface area (Å²) in [5.74, 6) is -1.28. The Morgan fingerprint density at radius 1 is 1.11 bits per heavy atom. The van der Waals surface area contributed by atoms with Crippen LogP contribution in [0.1, 0.15) is 11.3 Å². The molecule has 3 rings (SSSR count). The Balaban J connectivity index is 0.000000277. The van der Waals surface area contributed by atoms with Crippen molar-refractivity contribution in [3.8, 4) is 11.3 Å². The molecule has 0 fully saturated rings. The van der Waals surface area contributed by atoms with E-state index in [4.69, 9.17) is 0 Å². The molecule has 0 amide bonds. The van der Waals surface area contributed by atoms with Gasteiger partial charge in [-0.2, -0.15) is 0 Å². The van der Waals surface area contributed by atoms with Crippen LogP contribution in [-0.2, 0) is 36.7 Å². The van der Waals surface area contributed by atoms with Crippen LogP contribution in [0, 0.1) is 24.6 Å². The van der Waals surface area contributed by atoms with Gasteiger partial charge in [-0.25, -0.2) is 8.42 Å². The molecule has 0 atom stereocenters. The molecule has 151 valence electrons. The summed E-state index contributed by atoms with van der Waals surface area (Å²) in [5, 5.41) is 0. The molecule has 0 aliphatic heterocycles. The van der Waals surface area contributed by atoms with Crippen molar-refractivity contribution in [1.29, 1.82) is 0 Å². The average molecular weight is 582 g/mol. The van der Waals surface area contributed by atoms with E-state index in [2.05, 4.69) is 20.8 Å². The summed E-state index contributed by atoms with van der Waals surface area (Å²) >= 11 is 0. The Labute approximate surface area is 176 Å². The van der Waals surface area contributed by atoms with Crippen molar-refractivity contribution in [3.63, 3.8) is 0 Å². The third-order valence-electron chi connectivity index (χ3n) is 3.22. The molecule has 2 heterocycles.